The molecule has 3 N–H and O–H groups in total. The summed E-state index contributed by atoms with van der Waals surface area (Å²) in [6.07, 6.45) is 63.7. The number of carbonyl (C=O) groups is 4. The third-order valence-electron chi connectivity index (χ3n) is 18.4. The zero-order chi connectivity index (χ0) is 71.1. The molecule has 0 aliphatic carbocycles. The van der Waals surface area contributed by atoms with Gasteiger partial charge in [0.25, 0.3) is 0 Å². The van der Waals surface area contributed by atoms with E-state index in [1.807, 2.05) is 0 Å². The van der Waals surface area contributed by atoms with Gasteiger partial charge in [0.2, 0.25) is 0 Å². The van der Waals surface area contributed by atoms with E-state index >= 15 is 0 Å². The number of hydrogen-bond donors (Lipinski definition) is 3. The van der Waals surface area contributed by atoms with Crippen molar-refractivity contribution in [1.82, 2.24) is 0 Å². The second-order valence-electron chi connectivity index (χ2n) is 28.1. The fourth-order valence-corrected chi connectivity index (χ4v) is 13.7. The molecular formula is C78H152O17P2. The van der Waals surface area contributed by atoms with E-state index in [9.17, 15) is 43.2 Å². The maximum absolute atomic E-state index is 13.1. The van der Waals surface area contributed by atoms with Crippen molar-refractivity contribution in [3.8, 4) is 0 Å². The second kappa shape index (κ2) is 72.4. The van der Waals surface area contributed by atoms with Gasteiger partial charge in [-0.3, -0.25) is 37.3 Å². The average Bonchev–Trinajstić information content (AvgIpc) is 1.39. The van der Waals surface area contributed by atoms with Crippen LogP contribution in [0.15, 0.2) is 0 Å². The number of aliphatic hydroxyl groups is 1. The van der Waals surface area contributed by atoms with Crippen molar-refractivity contribution in [3.63, 3.8) is 0 Å². The van der Waals surface area contributed by atoms with Crippen molar-refractivity contribution in [3.05, 3.63) is 0 Å². The fourth-order valence-electron chi connectivity index (χ4n) is 12.1. The van der Waals surface area contributed by atoms with E-state index in [1.165, 1.54) is 250 Å². The third-order valence-corrected chi connectivity index (χ3v) is 20.3. The third kappa shape index (κ3) is 72.2. The normalized spacial score (nSPS) is 13.8. The Morgan fingerprint density at radius 2 is 0.412 bits per heavy atom. The van der Waals surface area contributed by atoms with E-state index in [4.69, 9.17) is 37.0 Å². The lowest BCUT2D eigenvalue weighted by atomic mass is 10.0. The molecule has 5 atom stereocenters. The van der Waals surface area contributed by atoms with Crippen LogP contribution in [0.5, 0.6) is 0 Å². The molecule has 0 saturated carbocycles. The highest BCUT2D eigenvalue weighted by atomic mass is 31.2. The van der Waals surface area contributed by atoms with Crippen LogP contribution in [-0.4, -0.2) is 96.7 Å². The van der Waals surface area contributed by atoms with Crippen molar-refractivity contribution >= 4 is 39.5 Å². The molecule has 0 amide bonds. The minimum atomic E-state index is -4.96. The number of hydrogen-bond acceptors (Lipinski definition) is 15. The molecule has 17 nitrogen and oxygen atoms in total. The van der Waals surface area contributed by atoms with Crippen molar-refractivity contribution in [1.29, 1.82) is 0 Å². The van der Waals surface area contributed by atoms with Crippen LogP contribution in [-0.2, 0) is 65.4 Å². The number of phosphoric acid groups is 2. The van der Waals surface area contributed by atoms with Gasteiger partial charge in [0.1, 0.15) is 19.3 Å². The molecule has 0 aromatic heterocycles. The molecule has 19 heteroatoms. The highest BCUT2D eigenvalue weighted by molar-refractivity contribution is 7.47. The lowest BCUT2D eigenvalue weighted by molar-refractivity contribution is -0.161. The maximum Gasteiger partial charge on any atom is 0.472 e. The van der Waals surface area contributed by atoms with Gasteiger partial charge in [-0.25, -0.2) is 9.13 Å². The largest absolute Gasteiger partial charge is 0.472 e. The number of ether oxygens (including phenoxy) is 4. The highest BCUT2D eigenvalue weighted by Crippen LogP contribution is 2.45. The summed E-state index contributed by atoms with van der Waals surface area (Å²) in [7, 11) is -9.91. The van der Waals surface area contributed by atoms with Crippen LogP contribution in [0.3, 0.4) is 0 Å². The van der Waals surface area contributed by atoms with Gasteiger partial charge < -0.3 is 33.8 Å². The molecule has 0 fully saturated rings. The lowest BCUT2D eigenvalue weighted by Crippen LogP contribution is -2.30. The molecule has 0 spiro atoms. The van der Waals surface area contributed by atoms with E-state index in [0.29, 0.717) is 25.7 Å². The van der Waals surface area contributed by atoms with Gasteiger partial charge in [-0.2, -0.15) is 0 Å². The lowest BCUT2D eigenvalue weighted by Gasteiger charge is -2.21. The van der Waals surface area contributed by atoms with E-state index in [1.54, 1.807) is 0 Å². The van der Waals surface area contributed by atoms with E-state index in [2.05, 4.69) is 27.7 Å². The fraction of sp³-hybridized carbons (Fsp3) is 0.949. The predicted molar refractivity (Wildman–Crippen MR) is 395 cm³/mol. The van der Waals surface area contributed by atoms with Gasteiger partial charge in [-0.15, -0.1) is 0 Å². The standard InChI is InChI=1S/C78H152O17P2/c1-5-9-13-17-21-25-29-32-35-36-37-39-42-45-49-53-57-61-65-78(83)95-74(69-89-76(81)63-59-55-51-47-43-41-38-33-30-26-22-18-14-10-6-2)71-93-97(86,87)91-67-72(79)66-90-96(84,85)92-70-73(68-88-75(80)62-58-54-50-46-28-24-20-16-12-8-4)94-77(82)64-60-56-52-48-44-40-34-31-27-23-19-15-11-7-3/h72-74,79H,5-71H2,1-4H3,(H,84,85)(H,86,87)/t72-,73+,74+/m0/s1. The first-order valence-electron chi connectivity index (χ1n) is 40.8. The average molecular weight is 1420 g/mol. The molecule has 2 unspecified atom stereocenters. The summed E-state index contributed by atoms with van der Waals surface area (Å²) in [4.78, 5) is 72.9. The quantitative estimate of drug-likeness (QED) is 0.0222. The number of esters is 4. The van der Waals surface area contributed by atoms with Crippen LogP contribution in [0, 0.1) is 0 Å². The van der Waals surface area contributed by atoms with Crippen LogP contribution in [0.25, 0.3) is 0 Å². The summed E-state index contributed by atoms with van der Waals surface area (Å²) in [5.74, 6) is -2.11. The van der Waals surface area contributed by atoms with Crippen LogP contribution in [0.2, 0.25) is 0 Å². The molecule has 0 radical (unpaired) electrons. The minimum Gasteiger partial charge on any atom is -0.462 e. The van der Waals surface area contributed by atoms with E-state index < -0.39 is 97.5 Å². The molecule has 576 valence electrons. The van der Waals surface area contributed by atoms with Gasteiger partial charge >= 0.3 is 39.5 Å². The van der Waals surface area contributed by atoms with Gasteiger partial charge in [0.15, 0.2) is 12.2 Å². The smallest absolute Gasteiger partial charge is 0.462 e. The topological polar surface area (TPSA) is 237 Å². The molecule has 0 aliphatic heterocycles. The molecule has 0 aromatic carbocycles. The van der Waals surface area contributed by atoms with Gasteiger partial charge in [0.05, 0.1) is 26.4 Å². The molecule has 0 heterocycles. The Morgan fingerprint density at radius 3 is 0.608 bits per heavy atom. The minimum absolute atomic E-state index is 0.109. The molecule has 0 bridgehead atoms. The monoisotopic (exact) mass is 1420 g/mol. The number of phosphoric ester groups is 2. The Kier molecular flexibility index (Phi) is 71.0. The summed E-state index contributed by atoms with van der Waals surface area (Å²) < 4.78 is 68.6. The Hall–Kier alpha value is -1.94. The predicted octanol–water partition coefficient (Wildman–Crippen LogP) is 23.4. The number of aliphatic hydroxyl groups excluding tert-OH is 1. The van der Waals surface area contributed by atoms with E-state index in [0.717, 1.165) is 89.9 Å². The van der Waals surface area contributed by atoms with E-state index in [-0.39, 0.29) is 25.7 Å². The van der Waals surface area contributed by atoms with Crippen molar-refractivity contribution in [2.75, 3.05) is 39.6 Å². The van der Waals surface area contributed by atoms with Crippen LogP contribution in [0.1, 0.15) is 419 Å². The summed E-state index contributed by atoms with van der Waals surface area (Å²) in [6, 6.07) is 0. The maximum atomic E-state index is 13.1. The van der Waals surface area contributed by atoms with Crippen molar-refractivity contribution in [2.45, 2.75) is 438 Å². The SMILES string of the molecule is CCCCCCCCCCCCCCCCCCCCC(=O)O[C@H](COC(=O)CCCCCCCCCCCCCCCCC)COP(=O)(O)OC[C@@H](O)COP(=O)(O)OC[C@@H](COC(=O)CCCCCCCCCCCC)OC(=O)CCCCCCCCCCCCCCCC. The molecule has 97 heavy (non-hydrogen) atoms. The van der Waals surface area contributed by atoms with Gasteiger partial charge in [0, 0.05) is 25.7 Å². The Balaban J connectivity index is 5.23. The first-order chi connectivity index (χ1) is 47.2. The van der Waals surface area contributed by atoms with Crippen LogP contribution >= 0.6 is 15.6 Å². The Bertz CT molecular complexity index is 1840. The number of unbranched alkanes of at least 4 members (excludes halogenated alkanes) is 53. The Morgan fingerprint density at radius 1 is 0.247 bits per heavy atom. The van der Waals surface area contributed by atoms with Gasteiger partial charge in [-0.1, -0.05) is 368 Å². The molecule has 0 saturated heterocycles. The molecule has 0 aliphatic rings. The molecule has 0 aromatic rings. The Labute approximate surface area is 594 Å². The van der Waals surface area contributed by atoms with Crippen molar-refractivity contribution in [2.24, 2.45) is 0 Å². The van der Waals surface area contributed by atoms with Crippen LogP contribution in [0.4, 0.5) is 0 Å². The first-order valence-corrected chi connectivity index (χ1v) is 43.8. The zero-order valence-corrected chi connectivity index (χ0v) is 64.8. The molecular weight excluding hydrogens is 1270 g/mol. The summed E-state index contributed by atoms with van der Waals surface area (Å²) in [5.41, 5.74) is 0. The first kappa shape index (κ1) is 95.1. The number of carbonyl (C=O) groups excluding carboxylic acids is 4. The number of rotatable bonds is 79. The molecule has 0 rings (SSSR count). The van der Waals surface area contributed by atoms with Crippen LogP contribution < -0.4 is 0 Å². The summed E-state index contributed by atoms with van der Waals surface area (Å²) in [6.45, 7) is 5.01. The highest BCUT2D eigenvalue weighted by Gasteiger charge is 2.30. The van der Waals surface area contributed by atoms with Gasteiger partial charge in [-0.05, 0) is 25.7 Å². The zero-order valence-electron chi connectivity index (χ0n) is 63.1. The second-order valence-corrected chi connectivity index (χ2v) is 31.0. The summed E-state index contributed by atoms with van der Waals surface area (Å²) in [5, 5.41) is 10.6. The van der Waals surface area contributed by atoms with Crippen molar-refractivity contribution < 1.29 is 80.2 Å². The summed E-state index contributed by atoms with van der Waals surface area (Å²) >= 11 is 0.